The lowest BCUT2D eigenvalue weighted by Gasteiger charge is -2.31. The van der Waals surface area contributed by atoms with E-state index in [2.05, 4.69) is 0 Å². The molecule has 2 fully saturated rings. The normalized spacial score (nSPS) is 23.5. The first-order valence-corrected chi connectivity index (χ1v) is 13.0. The van der Waals surface area contributed by atoms with E-state index in [1.54, 1.807) is 36.9 Å². The molecule has 1 aromatic carbocycles. The number of hydrogen-bond donors (Lipinski definition) is 0. The van der Waals surface area contributed by atoms with Crippen LogP contribution in [0.5, 0.6) is 0 Å². The maximum absolute atomic E-state index is 13.1. The predicted octanol–water partition coefficient (Wildman–Crippen LogP) is 2.17. The smallest absolute Gasteiger partial charge is 0.247 e. The first-order valence-electron chi connectivity index (χ1n) is 11.6. The van der Waals surface area contributed by atoms with Crippen LogP contribution < -0.4 is 4.90 Å². The summed E-state index contributed by atoms with van der Waals surface area (Å²) < 4.78 is 27.2. The minimum Gasteiger partial charge on any atom is -0.311 e. The van der Waals surface area contributed by atoms with Gasteiger partial charge >= 0.3 is 0 Å². The van der Waals surface area contributed by atoms with E-state index in [0.717, 1.165) is 36.1 Å². The third-order valence-electron chi connectivity index (χ3n) is 7.04. The number of carbonyl (C=O) groups is 3. The van der Waals surface area contributed by atoms with Crippen LogP contribution in [-0.2, 0) is 30.8 Å². The minimum absolute atomic E-state index is 0.217. The molecule has 0 bridgehead atoms. The van der Waals surface area contributed by atoms with Gasteiger partial charge in [0.05, 0.1) is 16.7 Å². The Morgan fingerprint density at radius 2 is 1.66 bits per heavy atom. The van der Waals surface area contributed by atoms with Gasteiger partial charge in [-0.25, -0.2) is 8.42 Å². The van der Waals surface area contributed by atoms with Crippen LogP contribution in [0.4, 0.5) is 5.69 Å². The summed E-state index contributed by atoms with van der Waals surface area (Å²) in [5.74, 6) is -1.28. The van der Waals surface area contributed by atoms with Gasteiger partial charge in [0.15, 0.2) is 0 Å². The number of amides is 3. The number of likely N-dealkylation sites (tertiary alicyclic amines) is 1. The van der Waals surface area contributed by atoms with Gasteiger partial charge in [-0.3, -0.25) is 19.3 Å². The van der Waals surface area contributed by atoms with Crippen LogP contribution in [0, 0.1) is 11.8 Å². The second kappa shape index (κ2) is 8.94. The SMILES string of the molecule is CCN(CC)S(=O)(=O)c1ccc2c(c1)CCCN2C(=O)CN1C(=O)C2CCCCC2C1=O. The Morgan fingerprint density at radius 3 is 2.25 bits per heavy atom. The van der Waals surface area contributed by atoms with Gasteiger partial charge in [0.1, 0.15) is 6.54 Å². The average Bonchev–Trinajstić information content (AvgIpc) is 3.04. The van der Waals surface area contributed by atoms with E-state index in [4.69, 9.17) is 0 Å². The first-order chi connectivity index (χ1) is 15.3. The lowest BCUT2D eigenvalue weighted by atomic mass is 9.81. The molecule has 2 atom stereocenters. The highest BCUT2D eigenvalue weighted by Crippen LogP contribution is 2.38. The summed E-state index contributed by atoms with van der Waals surface area (Å²) in [6, 6.07) is 4.87. The Balaban J connectivity index is 1.55. The standard InChI is InChI=1S/C23H31N3O5S/c1-3-24(4-2)32(30,31)17-11-12-20-16(14-17)8-7-13-25(20)21(27)15-26-22(28)18-9-5-6-10-19(18)23(26)29/h11-12,14,18-19H,3-10,13,15H2,1-2H3. The van der Waals surface area contributed by atoms with E-state index >= 15 is 0 Å². The number of anilines is 1. The van der Waals surface area contributed by atoms with Crippen LogP contribution in [0.3, 0.4) is 0 Å². The number of sulfonamides is 1. The molecule has 32 heavy (non-hydrogen) atoms. The van der Waals surface area contributed by atoms with Crippen molar-refractivity contribution in [2.45, 2.75) is 57.3 Å². The van der Waals surface area contributed by atoms with Gasteiger partial charge in [-0.1, -0.05) is 26.7 Å². The lowest BCUT2D eigenvalue weighted by molar-refractivity contribution is -0.143. The monoisotopic (exact) mass is 461 g/mol. The van der Waals surface area contributed by atoms with Gasteiger partial charge in [0.25, 0.3) is 0 Å². The number of rotatable bonds is 6. The molecule has 9 heteroatoms. The van der Waals surface area contributed by atoms with Crippen LogP contribution in [0.25, 0.3) is 0 Å². The number of imide groups is 1. The number of benzene rings is 1. The second-order valence-electron chi connectivity index (χ2n) is 8.79. The Labute approximate surface area is 189 Å². The Morgan fingerprint density at radius 1 is 1.03 bits per heavy atom. The van der Waals surface area contributed by atoms with E-state index in [0.29, 0.717) is 38.2 Å². The molecule has 3 amide bonds. The van der Waals surface area contributed by atoms with Gasteiger partial charge in [0, 0.05) is 25.3 Å². The molecule has 0 spiro atoms. The zero-order valence-corrected chi connectivity index (χ0v) is 19.6. The molecule has 3 aliphatic rings. The van der Waals surface area contributed by atoms with Gasteiger partial charge in [-0.15, -0.1) is 0 Å². The summed E-state index contributed by atoms with van der Waals surface area (Å²) in [5.41, 5.74) is 1.46. The molecule has 2 aliphatic heterocycles. The number of aryl methyl sites for hydroxylation is 1. The maximum atomic E-state index is 13.1. The lowest BCUT2D eigenvalue weighted by Crippen LogP contribution is -2.45. The van der Waals surface area contributed by atoms with Crippen molar-refractivity contribution in [1.29, 1.82) is 0 Å². The van der Waals surface area contributed by atoms with E-state index in [-0.39, 0.29) is 41.0 Å². The summed E-state index contributed by atoms with van der Waals surface area (Å²) >= 11 is 0. The van der Waals surface area contributed by atoms with Crippen molar-refractivity contribution in [2.24, 2.45) is 11.8 Å². The molecule has 1 saturated carbocycles. The second-order valence-corrected chi connectivity index (χ2v) is 10.7. The van der Waals surface area contributed by atoms with Crippen molar-refractivity contribution in [1.82, 2.24) is 9.21 Å². The van der Waals surface area contributed by atoms with Crippen molar-refractivity contribution in [3.63, 3.8) is 0 Å². The zero-order chi connectivity index (χ0) is 23.0. The van der Waals surface area contributed by atoms with E-state index in [1.165, 1.54) is 4.31 Å². The molecule has 8 nitrogen and oxygen atoms in total. The van der Waals surface area contributed by atoms with Crippen molar-refractivity contribution >= 4 is 33.4 Å². The summed E-state index contributed by atoms with van der Waals surface area (Å²) in [7, 11) is -3.59. The van der Waals surface area contributed by atoms with Crippen LogP contribution in [-0.4, -0.2) is 61.5 Å². The van der Waals surface area contributed by atoms with Gasteiger partial charge < -0.3 is 4.90 Å². The summed E-state index contributed by atoms with van der Waals surface area (Å²) in [4.78, 5) is 41.6. The predicted molar refractivity (Wildman–Crippen MR) is 119 cm³/mol. The Hall–Kier alpha value is -2.26. The summed E-state index contributed by atoms with van der Waals surface area (Å²) in [6.45, 7) is 4.62. The number of hydrogen-bond acceptors (Lipinski definition) is 5. The average molecular weight is 462 g/mol. The topological polar surface area (TPSA) is 95.1 Å². The minimum atomic E-state index is -3.59. The molecule has 2 unspecified atom stereocenters. The van der Waals surface area contributed by atoms with Crippen molar-refractivity contribution < 1.29 is 22.8 Å². The largest absolute Gasteiger partial charge is 0.311 e. The molecule has 0 aromatic heterocycles. The number of fused-ring (bicyclic) bond motifs is 2. The molecular formula is C23H31N3O5S. The highest BCUT2D eigenvalue weighted by molar-refractivity contribution is 7.89. The zero-order valence-electron chi connectivity index (χ0n) is 18.7. The van der Waals surface area contributed by atoms with E-state index in [1.807, 2.05) is 0 Å². The fraction of sp³-hybridized carbons (Fsp3) is 0.609. The quantitative estimate of drug-likeness (QED) is 0.605. The Bertz CT molecular complexity index is 1010. The molecule has 1 aliphatic carbocycles. The van der Waals surface area contributed by atoms with Crippen molar-refractivity contribution in [2.75, 3.05) is 31.1 Å². The van der Waals surface area contributed by atoms with E-state index in [9.17, 15) is 22.8 Å². The van der Waals surface area contributed by atoms with Crippen molar-refractivity contribution in [3.8, 4) is 0 Å². The van der Waals surface area contributed by atoms with Gasteiger partial charge in [-0.05, 0) is 49.4 Å². The number of carbonyl (C=O) groups excluding carboxylic acids is 3. The van der Waals surface area contributed by atoms with Crippen LogP contribution in [0.15, 0.2) is 23.1 Å². The Kier molecular flexibility index (Phi) is 6.40. The first kappa shape index (κ1) is 22.9. The molecular weight excluding hydrogens is 430 g/mol. The highest BCUT2D eigenvalue weighted by Gasteiger charge is 2.48. The van der Waals surface area contributed by atoms with Crippen LogP contribution >= 0.6 is 0 Å². The fourth-order valence-electron chi connectivity index (χ4n) is 5.31. The van der Waals surface area contributed by atoms with Crippen LogP contribution in [0.2, 0.25) is 0 Å². The van der Waals surface area contributed by atoms with Gasteiger partial charge in [0.2, 0.25) is 27.7 Å². The molecule has 1 aromatic rings. The van der Waals surface area contributed by atoms with Crippen LogP contribution in [0.1, 0.15) is 51.5 Å². The van der Waals surface area contributed by atoms with Crippen molar-refractivity contribution in [3.05, 3.63) is 23.8 Å². The summed E-state index contributed by atoms with van der Waals surface area (Å²) in [6.07, 6.45) is 4.69. The van der Waals surface area contributed by atoms with E-state index < -0.39 is 10.0 Å². The molecule has 2 heterocycles. The molecule has 1 saturated heterocycles. The third kappa shape index (κ3) is 3.85. The number of nitrogens with zero attached hydrogens (tertiary/aromatic N) is 3. The molecule has 4 rings (SSSR count). The maximum Gasteiger partial charge on any atom is 0.247 e. The fourth-order valence-corrected chi connectivity index (χ4v) is 6.82. The highest BCUT2D eigenvalue weighted by atomic mass is 32.2. The molecule has 0 N–H and O–H groups in total. The summed E-state index contributed by atoms with van der Waals surface area (Å²) in [5, 5.41) is 0. The third-order valence-corrected chi connectivity index (χ3v) is 9.09. The molecule has 174 valence electrons. The molecule has 0 radical (unpaired) electrons. The van der Waals surface area contributed by atoms with Gasteiger partial charge in [-0.2, -0.15) is 4.31 Å².